The molecule has 182 valence electrons. The second-order valence-electron chi connectivity index (χ2n) is 9.37. The Morgan fingerprint density at radius 1 is 1.17 bits per heavy atom. The van der Waals surface area contributed by atoms with E-state index in [1.54, 1.807) is 4.52 Å². The van der Waals surface area contributed by atoms with Gasteiger partial charge in [-0.2, -0.15) is 10.1 Å². The standard InChI is InChI=1S/C26H32N8O/c1-3-18(2)29-25(35)23-13-20(16-34-24(23)30-26(27)31-34)21-14-28-33(17-21)22-9-11-32(12-10-22)15-19-7-5-4-6-8-19/h4-8,13-14,16-18,22H,3,9-12,15H2,1-2H3,(H2,27,31)(H,29,35)/t18-/m0/s1. The third kappa shape index (κ3) is 5.05. The Morgan fingerprint density at radius 3 is 2.69 bits per heavy atom. The van der Waals surface area contributed by atoms with Crippen LogP contribution in [0.4, 0.5) is 5.95 Å². The number of piperidine rings is 1. The molecule has 1 aliphatic heterocycles. The van der Waals surface area contributed by atoms with E-state index in [0.29, 0.717) is 17.3 Å². The van der Waals surface area contributed by atoms with Crippen LogP contribution in [0.2, 0.25) is 0 Å². The van der Waals surface area contributed by atoms with Gasteiger partial charge in [-0.05, 0) is 37.8 Å². The highest BCUT2D eigenvalue weighted by Crippen LogP contribution is 2.27. The molecule has 4 heterocycles. The van der Waals surface area contributed by atoms with Crippen LogP contribution >= 0.6 is 0 Å². The van der Waals surface area contributed by atoms with Crippen molar-refractivity contribution in [2.24, 2.45) is 0 Å². The first-order valence-electron chi connectivity index (χ1n) is 12.3. The van der Waals surface area contributed by atoms with E-state index in [-0.39, 0.29) is 17.9 Å². The molecule has 1 amide bonds. The molecule has 0 spiro atoms. The third-order valence-electron chi connectivity index (χ3n) is 6.80. The fourth-order valence-electron chi connectivity index (χ4n) is 4.60. The molecular formula is C26H32N8O. The van der Waals surface area contributed by atoms with Crippen LogP contribution in [0.5, 0.6) is 0 Å². The summed E-state index contributed by atoms with van der Waals surface area (Å²) < 4.78 is 3.64. The molecule has 1 saturated heterocycles. The number of rotatable bonds is 7. The van der Waals surface area contributed by atoms with Gasteiger partial charge in [0.2, 0.25) is 5.95 Å². The summed E-state index contributed by atoms with van der Waals surface area (Å²) in [6, 6.07) is 12.9. The number of carbonyl (C=O) groups excluding carboxylic acids is 1. The number of hydrogen-bond acceptors (Lipinski definition) is 6. The van der Waals surface area contributed by atoms with Gasteiger partial charge in [-0.15, -0.1) is 5.10 Å². The number of likely N-dealkylation sites (tertiary alicyclic amines) is 1. The number of anilines is 1. The van der Waals surface area contributed by atoms with Gasteiger partial charge in [0.1, 0.15) is 0 Å². The zero-order valence-corrected chi connectivity index (χ0v) is 20.3. The molecule has 1 aliphatic rings. The molecule has 9 heteroatoms. The zero-order chi connectivity index (χ0) is 24.4. The van der Waals surface area contributed by atoms with Crippen LogP contribution in [0.25, 0.3) is 16.8 Å². The fourth-order valence-corrected chi connectivity index (χ4v) is 4.60. The number of nitrogens with one attached hydrogen (secondary N) is 1. The van der Waals surface area contributed by atoms with Crippen LogP contribution in [-0.4, -0.2) is 54.3 Å². The maximum Gasteiger partial charge on any atom is 0.255 e. The number of pyridine rings is 1. The number of fused-ring (bicyclic) bond motifs is 1. The smallest absolute Gasteiger partial charge is 0.255 e. The summed E-state index contributed by atoms with van der Waals surface area (Å²) in [5.41, 5.74) is 9.88. The number of hydrogen-bond donors (Lipinski definition) is 2. The van der Waals surface area contributed by atoms with E-state index in [1.807, 2.05) is 32.3 Å². The highest BCUT2D eigenvalue weighted by molar-refractivity contribution is 6.01. The van der Waals surface area contributed by atoms with Crippen molar-refractivity contribution < 1.29 is 4.79 Å². The van der Waals surface area contributed by atoms with Crippen LogP contribution in [0.15, 0.2) is 55.0 Å². The van der Waals surface area contributed by atoms with Crippen molar-refractivity contribution in [2.45, 2.75) is 51.7 Å². The number of aromatic nitrogens is 5. The van der Waals surface area contributed by atoms with Gasteiger partial charge < -0.3 is 11.1 Å². The number of nitrogens with zero attached hydrogens (tertiary/aromatic N) is 6. The van der Waals surface area contributed by atoms with Gasteiger partial charge >= 0.3 is 0 Å². The molecule has 3 aromatic heterocycles. The third-order valence-corrected chi connectivity index (χ3v) is 6.80. The minimum Gasteiger partial charge on any atom is -0.366 e. The molecule has 3 N–H and O–H groups in total. The Morgan fingerprint density at radius 2 is 1.94 bits per heavy atom. The molecular weight excluding hydrogens is 440 g/mol. The first kappa shape index (κ1) is 23.0. The van der Waals surface area contributed by atoms with Crippen LogP contribution in [0, 0.1) is 0 Å². The Bertz CT molecular complexity index is 1300. The maximum atomic E-state index is 13.0. The van der Waals surface area contributed by atoms with Gasteiger partial charge in [0.05, 0.1) is 17.8 Å². The zero-order valence-electron chi connectivity index (χ0n) is 20.3. The number of carbonyl (C=O) groups is 1. The molecule has 9 nitrogen and oxygen atoms in total. The van der Waals surface area contributed by atoms with E-state index in [0.717, 1.165) is 50.0 Å². The van der Waals surface area contributed by atoms with Gasteiger partial charge in [0, 0.05) is 49.2 Å². The van der Waals surface area contributed by atoms with Crippen molar-refractivity contribution in [2.75, 3.05) is 18.8 Å². The van der Waals surface area contributed by atoms with Crippen LogP contribution < -0.4 is 11.1 Å². The lowest BCUT2D eigenvalue weighted by Crippen LogP contribution is -2.34. The van der Waals surface area contributed by atoms with Crippen molar-refractivity contribution in [1.82, 2.24) is 34.6 Å². The minimum absolute atomic E-state index is 0.0574. The van der Waals surface area contributed by atoms with Crippen LogP contribution in [0.1, 0.15) is 55.1 Å². The maximum absolute atomic E-state index is 13.0. The Kier molecular flexibility index (Phi) is 6.50. The largest absolute Gasteiger partial charge is 0.366 e. The van der Waals surface area contributed by atoms with Crippen molar-refractivity contribution in [3.05, 3.63) is 66.1 Å². The summed E-state index contributed by atoms with van der Waals surface area (Å²) in [5, 5.41) is 11.9. The molecule has 0 aliphatic carbocycles. The highest BCUT2D eigenvalue weighted by Gasteiger charge is 2.22. The van der Waals surface area contributed by atoms with E-state index >= 15 is 0 Å². The summed E-state index contributed by atoms with van der Waals surface area (Å²) in [4.78, 5) is 19.7. The number of benzene rings is 1. The predicted molar refractivity (Wildman–Crippen MR) is 136 cm³/mol. The summed E-state index contributed by atoms with van der Waals surface area (Å²) in [7, 11) is 0. The summed E-state index contributed by atoms with van der Waals surface area (Å²) in [6.07, 6.45) is 8.71. The molecule has 1 aromatic carbocycles. The number of nitrogen functional groups attached to an aromatic ring is 1. The van der Waals surface area contributed by atoms with Crippen molar-refractivity contribution in [1.29, 1.82) is 0 Å². The first-order valence-corrected chi connectivity index (χ1v) is 12.3. The van der Waals surface area contributed by atoms with Gasteiger partial charge in [0.25, 0.3) is 5.91 Å². The van der Waals surface area contributed by atoms with Crippen molar-refractivity contribution in [3.8, 4) is 11.1 Å². The topological polar surface area (TPSA) is 106 Å². The molecule has 35 heavy (non-hydrogen) atoms. The Balaban J connectivity index is 1.33. The monoisotopic (exact) mass is 472 g/mol. The number of amides is 1. The molecule has 5 rings (SSSR count). The van der Waals surface area contributed by atoms with Crippen LogP contribution in [0.3, 0.4) is 0 Å². The summed E-state index contributed by atoms with van der Waals surface area (Å²) >= 11 is 0. The average molecular weight is 473 g/mol. The molecule has 4 aromatic rings. The SMILES string of the molecule is CC[C@H](C)NC(=O)c1cc(-c2cnn(C3CCN(Cc4ccccc4)CC3)c2)cn2nc(N)nc12. The quantitative estimate of drug-likeness (QED) is 0.426. The van der Waals surface area contributed by atoms with Gasteiger partial charge in [-0.1, -0.05) is 37.3 Å². The first-order chi connectivity index (χ1) is 17.0. The molecule has 1 fully saturated rings. The number of nitrogens with two attached hydrogens (primary N) is 1. The Hall–Kier alpha value is -3.72. The molecule has 0 bridgehead atoms. The lowest BCUT2D eigenvalue weighted by molar-refractivity contribution is 0.0940. The normalized spacial score (nSPS) is 15.9. The summed E-state index contributed by atoms with van der Waals surface area (Å²) in [6.45, 7) is 7.08. The van der Waals surface area contributed by atoms with Crippen molar-refractivity contribution >= 4 is 17.5 Å². The van der Waals surface area contributed by atoms with E-state index < -0.39 is 0 Å². The molecule has 1 atom stereocenters. The predicted octanol–water partition coefficient (Wildman–Crippen LogP) is 3.54. The second kappa shape index (κ2) is 9.87. The van der Waals surface area contributed by atoms with Gasteiger partial charge in [-0.3, -0.25) is 14.4 Å². The van der Waals surface area contributed by atoms with E-state index in [2.05, 4.69) is 66.6 Å². The van der Waals surface area contributed by atoms with Crippen molar-refractivity contribution in [3.63, 3.8) is 0 Å². The average Bonchev–Trinajstić information content (AvgIpc) is 3.50. The minimum atomic E-state index is -0.184. The molecule has 0 radical (unpaired) electrons. The van der Waals surface area contributed by atoms with E-state index in [4.69, 9.17) is 5.73 Å². The highest BCUT2D eigenvalue weighted by atomic mass is 16.1. The summed E-state index contributed by atoms with van der Waals surface area (Å²) in [5.74, 6) is -0.0468. The Labute approximate surface area is 204 Å². The molecule has 0 saturated carbocycles. The van der Waals surface area contributed by atoms with Gasteiger partial charge in [0.15, 0.2) is 5.65 Å². The second-order valence-corrected chi connectivity index (χ2v) is 9.37. The molecule has 0 unspecified atom stereocenters. The van der Waals surface area contributed by atoms with E-state index in [9.17, 15) is 4.79 Å². The lowest BCUT2D eigenvalue weighted by atomic mass is 10.0. The van der Waals surface area contributed by atoms with Gasteiger partial charge in [-0.25, -0.2) is 4.52 Å². The van der Waals surface area contributed by atoms with Crippen LogP contribution in [-0.2, 0) is 6.54 Å². The lowest BCUT2D eigenvalue weighted by Gasteiger charge is -2.32. The van der Waals surface area contributed by atoms with E-state index in [1.165, 1.54) is 5.56 Å². The fraction of sp³-hybridized carbons (Fsp3) is 0.385.